The van der Waals surface area contributed by atoms with Gasteiger partial charge in [0.05, 0.1) is 0 Å². The normalized spacial score (nSPS) is 17.0. The zero-order valence-corrected chi connectivity index (χ0v) is 11.7. The summed E-state index contributed by atoms with van der Waals surface area (Å²) in [5.74, 6) is -1.58. The summed E-state index contributed by atoms with van der Waals surface area (Å²) in [6, 6.07) is 3.84. The third-order valence-corrected chi connectivity index (χ3v) is 3.13. The summed E-state index contributed by atoms with van der Waals surface area (Å²) in [4.78, 5) is 25.3. The van der Waals surface area contributed by atoms with Crippen LogP contribution in [0, 0.1) is 0 Å². The molecule has 1 aliphatic heterocycles. The number of phenols is 2. The average Bonchev–Trinajstić information content (AvgIpc) is 2.41. The van der Waals surface area contributed by atoms with Crippen molar-refractivity contribution in [3.05, 3.63) is 42.0 Å². The number of nitrogens with zero attached hydrogens (tertiary/aromatic N) is 1. The lowest BCUT2D eigenvalue weighted by molar-refractivity contribution is -0.128. The van der Waals surface area contributed by atoms with Crippen molar-refractivity contribution in [2.45, 2.75) is 0 Å². The second-order valence-electron chi connectivity index (χ2n) is 4.26. The number of phenolic OH excluding ortho intramolecular Hbond substituents is 2. The van der Waals surface area contributed by atoms with Gasteiger partial charge in [-0.05, 0) is 30.4 Å². The molecule has 0 spiro atoms. The predicted molar refractivity (Wildman–Crippen MR) is 80.4 cm³/mol. The monoisotopic (exact) mass is 304 g/mol. The molecule has 2 rings (SSSR count). The maximum atomic E-state index is 12.2. The van der Waals surface area contributed by atoms with E-state index < -0.39 is 11.8 Å². The van der Waals surface area contributed by atoms with Gasteiger partial charge in [-0.1, -0.05) is 6.08 Å². The molecule has 1 aromatic carbocycles. The lowest BCUT2D eigenvalue weighted by Crippen LogP contribution is -2.53. The SMILES string of the molecule is C=CCN1C(=O)/C(=C/c2ccc(O)cc2O)C(=O)NC1=S. The van der Waals surface area contributed by atoms with Crippen molar-refractivity contribution in [1.82, 2.24) is 10.2 Å². The van der Waals surface area contributed by atoms with Gasteiger partial charge in [-0.2, -0.15) is 0 Å². The molecule has 1 heterocycles. The summed E-state index contributed by atoms with van der Waals surface area (Å²) < 4.78 is 0. The number of thiocarbonyl (C=S) groups is 1. The highest BCUT2D eigenvalue weighted by atomic mass is 32.1. The second-order valence-corrected chi connectivity index (χ2v) is 4.65. The first-order valence-corrected chi connectivity index (χ1v) is 6.36. The minimum Gasteiger partial charge on any atom is -0.508 e. The maximum Gasteiger partial charge on any atom is 0.265 e. The largest absolute Gasteiger partial charge is 0.508 e. The van der Waals surface area contributed by atoms with E-state index in [1.54, 1.807) is 0 Å². The lowest BCUT2D eigenvalue weighted by Gasteiger charge is -2.27. The Balaban J connectivity index is 2.42. The molecule has 0 saturated carbocycles. The summed E-state index contributed by atoms with van der Waals surface area (Å²) in [5, 5.41) is 21.4. The third kappa shape index (κ3) is 2.92. The van der Waals surface area contributed by atoms with E-state index in [1.165, 1.54) is 29.2 Å². The molecule has 1 saturated heterocycles. The highest BCUT2D eigenvalue weighted by molar-refractivity contribution is 7.80. The van der Waals surface area contributed by atoms with Crippen molar-refractivity contribution in [2.75, 3.05) is 6.54 Å². The Morgan fingerprint density at radius 3 is 2.67 bits per heavy atom. The van der Waals surface area contributed by atoms with Crippen LogP contribution in [-0.4, -0.2) is 38.6 Å². The number of nitrogens with one attached hydrogen (secondary N) is 1. The summed E-state index contributed by atoms with van der Waals surface area (Å²) in [5.41, 5.74) is 0.0733. The minimum absolute atomic E-state index is 0.0111. The van der Waals surface area contributed by atoms with Gasteiger partial charge in [0.25, 0.3) is 11.8 Å². The van der Waals surface area contributed by atoms with Gasteiger partial charge in [-0.3, -0.25) is 19.8 Å². The van der Waals surface area contributed by atoms with Crippen molar-refractivity contribution < 1.29 is 19.8 Å². The van der Waals surface area contributed by atoms with Crippen molar-refractivity contribution in [3.8, 4) is 11.5 Å². The first kappa shape index (κ1) is 14.7. The molecule has 1 aromatic rings. The van der Waals surface area contributed by atoms with Crippen molar-refractivity contribution in [2.24, 2.45) is 0 Å². The summed E-state index contributed by atoms with van der Waals surface area (Å²) in [7, 11) is 0. The summed E-state index contributed by atoms with van der Waals surface area (Å²) in [6.07, 6.45) is 2.72. The Bertz CT molecular complexity index is 682. The Kier molecular flexibility index (Phi) is 4.04. The number of amides is 2. The molecule has 0 bridgehead atoms. The van der Waals surface area contributed by atoms with E-state index in [4.69, 9.17) is 12.2 Å². The standard InChI is InChI=1S/C14H12N2O4S/c1-2-5-16-13(20)10(12(19)15-14(16)21)6-8-3-4-9(17)7-11(8)18/h2-4,6-7,17-18H,1,5H2,(H,15,19,21)/b10-6+. The molecular weight excluding hydrogens is 292 g/mol. The van der Waals surface area contributed by atoms with Gasteiger partial charge in [0, 0.05) is 18.2 Å². The fourth-order valence-corrected chi connectivity index (χ4v) is 2.05. The van der Waals surface area contributed by atoms with Gasteiger partial charge >= 0.3 is 0 Å². The van der Waals surface area contributed by atoms with Crippen LogP contribution in [0.15, 0.2) is 36.4 Å². The van der Waals surface area contributed by atoms with Crippen LogP contribution in [0.4, 0.5) is 0 Å². The Labute approximate surface area is 126 Å². The molecular formula is C14H12N2O4S. The summed E-state index contributed by atoms with van der Waals surface area (Å²) in [6.45, 7) is 3.69. The molecule has 0 atom stereocenters. The fourth-order valence-electron chi connectivity index (χ4n) is 1.80. The number of aromatic hydroxyl groups is 2. The highest BCUT2D eigenvalue weighted by Gasteiger charge is 2.32. The van der Waals surface area contributed by atoms with Crippen LogP contribution >= 0.6 is 12.2 Å². The molecule has 2 amide bonds. The van der Waals surface area contributed by atoms with E-state index >= 15 is 0 Å². The predicted octanol–water partition coefficient (Wildman–Crippen LogP) is 0.911. The molecule has 6 nitrogen and oxygen atoms in total. The molecule has 0 unspecified atom stereocenters. The zero-order chi connectivity index (χ0) is 15.6. The van der Waals surface area contributed by atoms with Crippen LogP contribution in [-0.2, 0) is 9.59 Å². The Hall–Kier alpha value is -2.67. The van der Waals surface area contributed by atoms with E-state index in [9.17, 15) is 19.8 Å². The van der Waals surface area contributed by atoms with Gasteiger partial charge in [-0.15, -0.1) is 6.58 Å². The van der Waals surface area contributed by atoms with Crippen LogP contribution in [0.2, 0.25) is 0 Å². The van der Waals surface area contributed by atoms with Gasteiger partial charge in [0.15, 0.2) is 5.11 Å². The van der Waals surface area contributed by atoms with E-state index in [1.807, 2.05) is 0 Å². The average molecular weight is 304 g/mol. The van der Waals surface area contributed by atoms with Crippen LogP contribution < -0.4 is 5.32 Å². The summed E-state index contributed by atoms with van der Waals surface area (Å²) >= 11 is 4.92. The Morgan fingerprint density at radius 1 is 1.33 bits per heavy atom. The second kappa shape index (κ2) is 5.76. The Morgan fingerprint density at radius 2 is 2.05 bits per heavy atom. The van der Waals surface area contributed by atoms with Crippen LogP contribution in [0.5, 0.6) is 11.5 Å². The van der Waals surface area contributed by atoms with Crippen LogP contribution in [0.3, 0.4) is 0 Å². The van der Waals surface area contributed by atoms with Gasteiger partial charge in [0.1, 0.15) is 17.1 Å². The molecule has 0 aliphatic carbocycles. The first-order valence-electron chi connectivity index (χ1n) is 5.95. The number of hydrogen-bond acceptors (Lipinski definition) is 5. The van der Waals surface area contributed by atoms with E-state index in [-0.39, 0.29) is 34.3 Å². The third-order valence-electron chi connectivity index (χ3n) is 2.81. The topological polar surface area (TPSA) is 89.9 Å². The maximum absolute atomic E-state index is 12.2. The minimum atomic E-state index is -0.641. The van der Waals surface area contributed by atoms with Crippen molar-refractivity contribution >= 4 is 35.2 Å². The molecule has 108 valence electrons. The lowest BCUT2D eigenvalue weighted by atomic mass is 10.1. The van der Waals surface area contributed by atoms with Crippen molar-refractivity contribution in [3.63, 3.8) is 0 Å². The van der Waals surface area contributed by atoms with E-state index in [0.29, 0.717) is 0 Å². The van der Waals surface area contributed by atoms with E-state index in [2.05, 4.69) is 11.9 Å². The fraction of sp³-hybridized carbons (Fsp3) is 0.0714. The van der Waals surface area contributed by atoms with Gasteiger partial charge < -0.3 is 10.2 Å². The number of benzene rings is 1. The number of carbonyl (C=O) groups excluding carboxylic acids is 2. The molecule has 0 aromatic heterocycles. The smallest absolute Gasteiger partial charge is 0.265 e. The molecule has 21 heavy (non-hydrogen) atoms. The van der Waals surface area contributed by atoms with Crippen LogP contribution in [0.1, 0.15) is 5.56 Å². The number of rotatable bonds is 3. The number of hydrogen-bond donors (Lipinski definition) is 3. The van der Waals surface area contributed by atoms with Gasteiger partial charge in [-0.25, -0.2) is 0 Å². The molecule has 3 N–H and O–H groups in total. The highest BCUT2D eigenvalue weighted by Crippen LogP contribution is 2.25. The molecule has 7 heteroatoms. The van der Waals surface area contributed by atoms with Crippen LogP contribution in [0.25, 0.3) is 6.08 Å². The van der Waals surface area contributed by atoms with Crippen molar-refractivity contribution in [1.29, 1.82) is 0 Å². The zero-order valence-electron chi connectivity index (χ0n) is 10.9. The van der Waals surface area contributed by atoms with E-state index in [0.717, 1.165) is 6.07 Å². The molecule has 1 aliphatic rings. The number of carbonyl (C=O) groups is 2. The first-order chi connectivity index (χ1) is 9.93. The molecule has 1 fully saturated rings. The quantitative estimate of drug-likeness (QED) is 0.334. The van der Waals surface area contributed by atoms with Gasteiger partial charge in [0.2, 0.25) is 0 Å². The molecule has 0 radical (unpaired) electrons.